The number of aliphatic imine (C=N–C) groups is 1. The van der Waals surface area contributed by atoms with Crippen molar-refractivity contribution in [1.82, 2.24) is 16.0 Å². The van der Waals surface area contributed by atoms with E-state index in [4.69, 9.17) is 16.7 Å². The highest BCUT2D eigenvalue weighted by molar-refractivity contribution is 5.84. The van der Waals surface area contributed by atoms with Gasteiger partial charge in [-0.2, -0.15) is 5.26 Å². The quantitative estimate of drug-likeness (QED) is 0.151. The summed E-state index contributed by atoms with van der Waals surface area (Å²) < 4.78 is 0. The zero-order valence-corrected chi connectivity index (χ0v) is 18.2. The molecule has 1 aromatic carbocycles. The number of hydrogen-bond donors (Lipinski definition) is 5. The van der Waals surface area contributed by atoms with E-state index < -0.39 is 0 Å². The summed E-state index contributed by atoms with van der Waals surface area (Å²) in [4.78, 5) is 27.6. The van der Waals surface area contributed by atoms with Gasteiger partial charge in [0.2, 0.25) is 11.8 Å². The Morgan fingerprint density at radius 2 is 1.65 bits per heavy atom. The number of guanidine groups is 1. The van der Waals surface area contributed by atoms with Gasteiger partial charge in [-0.15, -0.1) is 0 Å². The molecule has 0 saturated carbocycles. The first-order valence-electron chi connectivity index (χ1n) is 10.8. The van der Waals surface area contributed by atoms with Crippen molar-refractivity contribution < 1.29 is 9.59 Å². The molecule has 0 aliphatic carbocycles. The molecule has 170 valence electrons. The lowest BCUT2D eigenvalue weighted by Gasteiger charge is -2.07. The van der Waals surface area contributed by atoms with Gasteiger partial charge in [-0.3, -0.25) is 9.59 Å². The maximum atomic E-state index is 11.9. The molecule has 0 radical (unpaired) electrons. The van der Waals surface area contributed by atoms with Gasteiger partial charge in [-0.1, -0.05) is 18.6 Å². The summed E-state index contributed by atoms with van der Waals surface area (Å²) in [6.45, 7) is 2.13. The highest BCUT2D eigenvalue weighted by Crippen LogP contribution is 2.14. The number of unbranched alkanes of at least 4 members (excludes halogenated alkanes) is 3. The smallest absolute Gasteiger partial charge is 0.239 e. The van der Waals surface area contributed by atoms with Crippen LogP contribution < -0.4 is 27.4 Å². The molecule has 0 atom stereocenters. The largest absolute Gasteiger partial charge is 0.370 e. The lowest BCUT2D eigenvalue weighted by molar-refractivity contribution is -0.126. The van der Waals surface area contributed by atoms with Crippen LogP contribution in [0.3, 0.4) is 0 Å². The van der Waals surface area contributed by atoms with Crippen molar-refractivity contribution in [2.45, 2.75) is 51.4 Å². The van der Waals surface area contributed by atoms with E-state index in [1.165, 1.54) is 5.56 Å². The number of aryl methyl sites for hydroxylation is 1. The second kappa shape index (κ2) is 16.7. The van der Waals surface area contributed by atoms with Crippen LogP contribution in [0.25, 0.3) is 0 Å². The minimum Gasteiger partial charge on any atom is -0.370 e. The first-order chi connectivity index (χ1) is 15.0. The summed E-state index contributed by atoms with van der Waals surface area (Å²) in [6.07, 6.45) is 6.36. The Labute approximate surface area is 184 Å². The Morgan fingerprint density at radius 1 is 0.903 bits per heavy atom. The summed E-state index contributed by atoms with van der Waals surface area (Å²) in [5.41, 5.74) is 12.6. The van der Waals surface area contributed by atoms with Gasteiger partial charge in [0.05, 0.1) is 18.3 Å². The fraction of sp³-hybridized carbons (Fsp3) is 0.545. The molecule has 0 saturated heterocycles. The standard InChI is InChI=1S/C22H35N7O2/c23-13-6-15-26-14-4-5-16-27-21(31)17-28-20(30)8-3-1-2-7-18-9-11-19(12-10-18)29-22(24)25/h9-12,26H,1-8,14-17H2,(H,27,31)(H,28,30)(H4,24,25,29). The van der Waals surface area contributed by atoms with Crippen molar-refractivity contribution in [2.75, 3.05) is 26.2 Å². The van der Waals surface area contributed by atoms with E-state index in [9.17, 15) is 9.59 Å². The van der Waals surface area contributed by atoms with Crippen molar-refractivity contribution in [1.29, 1.82) is 5.26 Å². The minimum atomic E-state index is -0.171. The number of nitrogens with two attached hydrogens (primary N) is 2. The fourth-order valence-corrected chi connectivity index (χ4v) is 2.88. The van der Waals surface area contributed by atoms with Gasteiger partial charge in [0.25, 0.3) is 0 Å². The second-order valence-corrected chi connectivity index (χ2v) is 7.26. The number of rotatable bonds is 16. The molecule has 2 amide bonds. The molecule has 0 aromatic heterocycles. The van der Waals surface area contributed by atoms with Gasteiger partial charge >= 0.3 is 0 Å². The SMILES string of the molecule is N#CCCNCCCCNC(=O)CNC(=O)CCCCCc1ccc(N=C(N)N)cc1. The maximum absolute atomic E-state index is 11.9. The van der Waals surface area contributed by atoms with Crippen LogP contribution in [-0.4, -0.2) is 44.0 Å². The van der Waals surface area contributed by atoms with Gasteiger partial charge in [0, 0.05) is 25.9 Å². The predicted molar refractivity (Wildman–Crippen MR) is 122 cm³/mol. The number of benzene rings is 1. The monoisotopic (exact) mass is 429 g/mol. The van der Waals surface area contributed by atoms with E-state index in [2.05, 4.69) is 27.0 Å². The van der Waals surface area contributed by atoms with Crippen LogP contribution in [0.5, 0.6) is 0 Å². The number of nitriles is 1. The Bertz CT molecular complexity index is 722. The molecule has 0 spiro atoms. The molecule has 1 aromatic rings. The third-order valence-corrected chi connectivity index (χ3v) is 4.53. The highest BCUT2D eigenvalue weighted by Gasteiger charge is 2.05. The molecule has 0 bridgehead atoms. The van der Waals surface area contributed by atoms with Crippen LogP contribution in [0, 0.1) is 11.3 Å². The average molecular weight is 430 g/mol. The lowest BCUT2D eigenvalue weighted by atomic mass is 10.1. The van der Waals surface area contributed by atoms with Crippen molar-refractivity contribution in [3.63, 3.8) is 0 Å². The third-order valence-electron chi connectivity index (χ3n) is 4.53. The zero-order valence-electron chi connectivity index (χ0n) is 18.2. The first kappa shape index (κ1) is 25.9. The molecule has 0 aliphatic rings. The van der Waals surface area contributed by atoms with E-state index in [0.717, 1.165) is 50.8 Å². The molecule has 7 N–H and O–H groups in total. The molecule has 31 heavy (non-hydrogen) atoms. The second-order valence-electron chi connectivity index (χ2n) is 7.26. The maximum Gasteiger partial charge on any atom is 0.239 e. The number of nitrogens with one attached hydrogen (secondary N) is 3. The van der Waals surface area contributed by atoms with Crippen LogP contribution >= 0.6 is 0 Å². The molecule has 1 rings (SSSR count). The van der Waals surface area contributed by atoms with Crippen LogP contribution in [0.15, 0.2) is 29.3 Å². The van der Waals surface area contributed by atoms with Crippen LogP contribution in [0.2, 0.25) is 0 Å². The summed E-state index contributed by atoms with van der Waals surface area (Å²) in [7, 11) is 0. The molecule has 0 heterocycles. The Balaban J connectivity index is 2.00. The minimum absolute atomic E-state index is 0.0153. The van der Waals surface area contributed by atoms with Crippen molar-refractivity contribution in [2.24, 2.45) is 16.5 Å². The van der Waals surface area contributed by atoms with Gasteiger partial charge in [-0.05, 0) is 56.3 Å². The predicted octanol–water partition coefficient (Wildman–Crippen LogP) is 1.21. The van der Waals surface area contributed by atoms with E-state index in [1.807, 2.05) is 24.3 Å². The normalized spacial score (nSPS) is 10.2. The first-order valence-corrected chi connectivity index (χ1v) is 10.8. The molecular formula is C22H35N7O2. The Morgan fingerprint density at radius 3 is 2.35 bits per heavy atom. The number of carbonyl (C=O) groups is 2. The summed E-state index contributed by atoms with van der Waals surface area (Å²) in [5.74, 6) is -0.228. The van der Waals surface area contributed by atoms with Crippen molar-refractivity contribution in [3.8, 4) is 6.07 Å². The van der Waals surface area contributed by atoms with E-state index in [0.29, 0.717) is 25.9 Å². The van der Waals surface area contributed by atoms with Gasteiger partial charge < -0.3 is 27.4 Å². The van der Waals surface area contributed by atoms with Crippen molar-refractivity contribution >= 4 is 23.5 Å². The number of hydrogen-bond acceptors (Lipinski definition) is 5. The molecule has 0 unspecified atom stereocenters. The highest BCUT2D eigenvalue weighted by atomic mass is 16.2. The van der Waals surface area contributed by atoms with Gasteiger partial charge in [-0.25, -0.2) is 4.99 Å². The van der Waals surface area contributed by atoms with Gasteiger partial charge in [0.15, 0.2) is 5.96 Å². The molecule has 0 aliphatic heterocycles. The van der Waals surface area contributed by atoms with Crippen LogP contribution in [0.4, 0.5) is 5.69 Å². The number of amides is 2. The molecular weight excluding hydrogens is 394 g/mol. The third kappa shape index (κ3) is 14.5. The summed E-state index contributed by atoms with van der Waals surface area (Å²) in [6, 6.07) is 9.83. The van der Waals surface area contributed by atoms with E-state index in [-0.39, 0.29) is 24.3 Å². The lowest BCUT2D eigenvalue weighted by Crippen LogP contribution is -2.37. The van der Waals surface area contributed by atoms with E-state index >= 15 is 0 Å². The molecule has 0 fully saturated rings. The topological polar surface area (TPSA) is 158 Å². The Hall–Kier alpha value is -3.12. The fourth-order valence-electron chi connectivity index (χ4n) is 2.88. The zero-order chi connectivity index (χ0) is 22.7. The van der Waals surface area contributed by atoms with Gasteiger partial charge in [0.1, 0.15) is 0 Å². The average Bonchev–Trinajstić information content (AvgIpc) is 2.74. The molecule has 9 heteroatoms. The number of nitrogens with zero attached hydrogens (tertiary/aromatic N) is 2. The summed E-state index contributed by atoms with van der Waals surface area (Å²) in [5, 5.41) is 17.0. The molecule has 9 nitrogen and oxygen atoms in total. The Kier molecular flexibility index (Phi) is 13.9. The number of carbonyl (C=O) groups excluding carboxylic acids is 2. The van der Waals surface area contributed by atoms with Crippen molar-refractivity contribution in [3.05, 3.63) is 29.8 Å². The summed E-state index contributed by atoms with van der Waals surface area (Å²) >= 11 is 0. The van der Waals surface area contributed by atoms with Crippen LogP contribution in [0.1, 0.15) is 50.5 Å². The van der Waals surface area contributed by atoms with Crippen LogP contribution in [-0.2, 0) is 16.0 Å². The van der Waals surface area contributed by atoms with E-state index in [1.54, 1.807) is 0 Å².